The zero-order valence-corrected chi connectivity index (χ0v) is 15.2. The van der Waals surface area contributed by atoms with Gasteiger partial charge < -0.3 is 9.31 Å². The van der Waals surface area contributed by atoms with Crippen LogP contribution in [0.25, 0.3) is 0 Å². The molecule has 0 atom stereocenters. The lowest BCUT2D eigenvalue weighted by Crippen LogP contribution is -2.41. The van der Waals surface area contributed by atoms with Crippen LogP contribution in [0.4, 0.5) is 11.4 Å². The van der Waals surface area contributed by atoms with Gasteiger partial charge in [0.1, 0.15) is 17.8 Å². The molecule has 1 aromatic rings. The molecule has 0 radical (unpaired) electrons. The van der Waals surface area contributed by atoms with Crippen LogP contribution in [0.5, 0.6) is 0 Å². The van der Waals surface area contributed by atoms with Gasteiger partial charge in [-0.2, -0.15) is 15.6 Å². The number of nitro benzene ring substituents is 1. The van der Waals surface area contributed by atoms with Crippen LogP contribution in [-0.4, -0.2) is 29.0 Å². The van der Waals surface area contributed by atoms with Crippen molar-refractivity contribution in [1.82, 2.24) is 0 Å². The zero-order valence-electron chi connectivity index (χ0n) is 15.2. The van der Waals surface area contributed by atoms with E-state index in [-0.39, 0.29) is 11.4 Å². The van der Waals surface area contributed by atoms with E-state index < -0.39 is 29.0 Å². The minimum atomic E-state index is -0.747. The van der Waals surface area contributed by atoms with E-state index in [1.807, 2.05) is 27.7 Å². The largest absolute Gasteiger partial charge is 0.495 e. The van der Waals surface area contributed by atoms with E-state index in [1.54, 1.807) is 25.1 Å². The third-order valence-corrected chi connectivity index (χ3v) is 4.55. The molecule has 0 saturated carbocycles. The number of nitriles is 2. The third kappa shape index (κ3) is 3.52. The molecule has 0 aliphatic carbocycles. The van der Waals surface area contributed by atoms with Gasteiger partial charge in [0.2, 0.25) is 5.71 Å². The Morgan fingerprint density at radius 2 is 1.77 bits per heavy atom. The first-order chi connectivity index (χ1) is 12.0. The number of nitro groups is 1. The van der Waals surface area contributed by atoms with E-state index in [1.165, 1.54) is 6.07 Å². The first kappa shape index (κ1) is 19.4. The van der Waals surface area contributed by atoms with Crippen molar-refractivity contribution in [1.29, 1.82) is 10.5 Å². The van der Waals surface area contributed by atoms with Gasteiger partial charge in [-0.25, -0.2) is 0 Å². The summed E-state index contributed by atoms with van der Waals surface area (Å²) < 4.78 is 11.9. The SMILES string of the molecule is Cc1cc(B2OC(C)(C)C(C)(C)O2)cc([N+](=O)[O-])c1NN=C(C#N)C#N. The Hall–Kier alpha value is -2.95. The Kier molecular flexibility index (Phi) is 5.03. The van der Waals surface area contributed by atoms with E-state index in [0.29, 0.717) is 11.0 Å². The van der Waals surface area contributed by atoms with Crippen molar-refractivity contribution in [3.63, 3.8) is 0 Å². The third-order valence-electron chi connectivity index (χ3n) is 4.55. The lowest BCUT2D eigenvalue weighted by atomic mass is 9.78. The van der Waals surface area contributed by atoms with Crippen molar-refractivity contribution in [2.75, 3.05) is 5.43 Å². The number of aryl methyl sites for hydroxylation is 1. The maximum absolute atomic E-state index is 11.5. The van der Waals surface area contributed by atoms with Gasteiger partial charge in [-0.15, -0.1) is 0 Å². The molecule has 1 aliphatic rings. The van der Waals surface area contributed by atoms with Gasteiger partial charge in [-0.05, 0) is 45.6 Å². The molecule has 1 aromatic carbocycles. The van der Waals surface area contributed by atoms with Gasteiger partial charge >= 0.3 is 7.12 Å². The topological polar surface area (TPSA) is 134 Å². The molecule has 0 aromatic heterocycles. The van der Waals surface area contributed by atoms with Crippen LogP contribution in [0.2, 0.25) is 0 Å². The Morgan fingerprint density at radius 1 is 1.23 bits per heavy atom. The molecule has 1 saturated heterocycles. The normalized spacial score (nSPS) is 17.1. The van der Waals surface area contributed by atoms with Crippen molar-refractivity contribution >= 4 is 29.7 Å². The highest BCUT2D eigenvalue weighted by Gasteiger charge is 2.52. The van der Waals surface area contributed by atoms with Crippen LogP contribution < -0.4 is 10.9 Å². The predicted molar refractivity (Wildman–Crippen MR) is 95.8 cm³/mol. The highest BCUT2D eigenvalue weighted by atomic mass is 16.7. The van der Waals surface area contributed by atoms with Crippen LogP contribution in [0.15, 0.2) is 17.2 Å². The molecule has 1 N–H and O–H groups in total. The number of benzene rings is 1. The summed E-state index contributed by atoms with van der Waals surface area (Å²) in [5.41, 5.74) is 1.70. The molecule has 1 aliphatic heterocycles. The first-order valence-electron chi connectivity index (χ1n) is 7.81. The maximum Gasteiger partial charge on any atom is 0.495 e. The second-order valence-corrected chi connectivity index (χ2v) is 6.87. The van der Waals surface area contributed by atoms with E-state index in [2.05, 4.69) is 10.5 Å². The van der Waals surface area contributed by atoms with E-state index in [0.717, 1.165) is 0 Å². The van der Waals surface area contributed by atoms with E-state index in [9.17, 15) is 10.1 Å². The van der Waals surface area contributed by atoms with Crippen LogP contribution in [-0.2, 0) is 9.31 Å². The molecule has 0 amide bonds. The van der Waals surface area contributed by atoms with Crippen molar-refractivity contribution in [2.45, 2.75) is 45.8 Å². The molecule has 1 heterocycles. The fraction of sp³-hybridized carbons (Fsp3) is 0.438. The summed E-state index contributed by atoms with van der Waals surface area (Å²) in [5.74, 6) is 0. The van der Waals surface area contributed by atoms with Gasteiger partial charge in [0.25, 0.3) is 5.69 Å². The monoisotopic (exact) mass is 355 g/mol. The smallest absolute Gasteiger partial charge is 0.399 e. The summed E-state index contributed by atoms with van der Waals surface area (Å²) in [6, 6.07) is 6.19. The summed E-state index contributed by atoms with van der Waals surface area (Å²) in [4.78, 5) is 10.9. The van der Waals surface area contributed by atoms with Crippen molar-refractivity contribution < 1.29 is 14.2 Å². The van der Waals surface area contributed by atoms with Crippen LogP contribution in [0, 0.1) is 39.7 Å². The van der Waals surface area contributed by atoms with Gasteiger partial charge in [0.15, 0.2) is 0 Å². The highest BCUT2D eigenvalue weighted by Crippen LogP contribution is 2.37. The fourth-order valence-corrected chi connectivity index (χ4v) is 2.39. The predicted octanol–water partition coefficient (Wildman–Crippen LogP) is 2.02. The summed E-state index contributed by atoms with van der Waals surface area (Å²) in [5, 5.41) is 32.5. The summed E-state index contributed by atoms with van der Waals surface area (Å²) in [7, 11) is -0.747. The summed E-state index contributed by atoms with van der Waals surface area (Å²) >= 11 is 0. The second-order valence-electron chi connectivity index (χ2n) is 6.87. The Labute approximate surface area is 151 Å². The lowest BCUT2D eigenvalue weighted by Gasteiger charge is -2.32. The van der Waals surface area contributed by atoms with Crippen molar-refractivity contribution in [3.8, 4) is 12.1 Å². The Bertz CT molecular complexity index is 835. The van der Waals surface area contributed by atoms with Gasteiger partial charge in [-0.1, -0.05) is 6.07 Å². The molecule has 134 valence electrons. The minimum Gasteiger partial charge on any atom is -0.399 e. The number of hydrogen-bond acceptors (Lipinski definition) is 8. The van der Waals surface area contributed by atoms with Crippen molar-refractivity contribution in [2.24, 2.45) is 5.10 Å². The second kappa shape index (κ2) is 6.75. The molecule has 0 bridgehead atoms. The minimum absolute atomic E-state index is 0.0956. The lowest BCUT2D eigenvalue weighted by molar-refractivity contribution is -0.383. The van der Waals surface area contributed by atoms with E-state index >= 15 is 0 Å². The van der Waals surface area contributed by atoms with Gasteiger partial charge in [0.05, 0.1) is 16.1 Å². The quantitative estimate of drug-likeness (QED) is 0.378. The van der Waals surface area contributed by atoms with E-state index in [4.69, 9.17) is 19.8 Å². The Morgan fingerprint density at radius 3 is 2.23 bits per heavy atom. The molecule has 1 fully saturated rings. The van der Waals surface area contributed by atoms with Gasteiger partial charge in [-0.3, -0.25) is 15.5 Å². The molecule has 26 heavy (non-hydrogen) atoms. The number of nitrogens with one attached hydrogen (secondary N) is 1. The number of rotatable bonds is 4. The highest BCUT2D eigenvalue weighted by molar-refractivity contribution is 6.62. The van der Waals surface area contributed by atoms with Crippen LogP contribution in [0.1, 0.15) is 33.3 Å². The van der Waals surface area contributed by atoms with Crippen LogP contribution >= 0.6 is 0 Å². The number of hydrogen-bond donors (Lipinski definition) is 1. The zero-order chi connectivity index (χ0) is 19.7. The maximum atomic E-state index is 11.5. The Balaban J connectivity index is 2.45. The molecule has 0 unspecified atom stereocenters. The van der Waals surface area contributed by atoms with Crippen LogP contribution in [0.3, 0.4) is 0 Å². The summed E-state index contributed by atoms with van der Waals surface area (Å²) in [6.07, 6.45) is 0. The molecular formula is C16H18BN5O4. The number of anilines is 1. The average molecular weight is 355 g/mol. The molecule has 9 nitrogen and oxygen atoms in total. The molecule has 0 spiro atoms. The number of nitrogens with zero attached hydrogens (tertiary/aromatic N) is 4. The standard InChI is InChI=1S/C16H18BN5O4/c1-10-6-11(17-25-15(2,3)16(4,5)26-17)7-13(22(23)24)14(10)21-20-12(8-18)9-19/h6-7,21H,1-5H3. The number of hydrazone groups is 1. The summed E-state index contributed by atoms with van der Waals surface area (Å²) in [6.45, 7) is 9.22. The first-order valence-corrected chi connectivity index (χ1v) is 7.81. The molecular weight excluding hydrogens is 337 g/mol. The fourth-order valence-electron chi connectivity index (χ4n) is 2.39. The van der Waals surface area contributed by atoms with Crippen molar-refractivity contribution in [3.05, 3.63) is 27.8 Å². The molecule has 2 rings (SSSR count). The average Bonchev–Trinajstić information content (AvgIpc) is 2.77. The van der Waals surface area contributed by atoms with Gasteiger partial charge in [0, 0.05) is 6.07 Å². The molecule has 10 heteroatoms.